The third-order valence-electron chi connectivity index (χ3n) is 2.49. The zero-order chi connectivity index (χ0) is 12.7. The molecule has 0 fully saturated rings. The number of hydrogen-bond donors (Lipinski definition) is 2. The SMILES string of the molecule is Cc1cccc(CCNC(=O)CNC(C)C)c1. The predicted molar refractivity (Wildman–Crippen MR) is 71.0 cm³/mol. The number of aryl methyl sites for hydroxylation is 1. The standard InChI is InChI=1S/C14H22N2O/c1-11(2)16-10-14(17)15-8-7-13-6-4-5-12(3)9-13/h4-6,9,11,16H,7-8,10H2,1-3H3,(H,15,17). The fourth-order valence-corrected chi connectivity index (χ4v) is 1.57. The van der Waals surface area contributed by atoms with Crippen molar-refractivity contribution in [1.82, 2.24) is 10.6 Å². The lowest BCUT2D eigenvalue weighted by atomic mass is 10.1. The summed E-state index contributed by atoms with van der Waals surface area (Å²) in [6.07, 6.45) is 0.884. The van der Waals surface area contributed by atoms with Gasteiger partial charge in [0.25, 0.3) is 0 Å². The first-order chi connectivity index (χ1) is 8.08. The summed E-state index contributed by atoms with van der Waals surface area (Å²) >= 11 is 0. The van der Waals surface area contributed by atoms with Crippen LogP contribution in [0.2, 0.25) is 0 Å². The van der Waals surface area contributed by atoms with E-state index < -0.39 is 0 Å². The molecule has 1 rings (SSSR count). The van der Waals surface area contributed by atoms with E-state index in [-0.39, 0.29) is 5.91 Å². The third kappa shape index (κ3) is 6.07. The van der Waals surface area contributed by atoms with E-state index in [1.165, 1.54) is 11.1 Å². The fraction of sp³-hybridized carbons (Fsp3) is 0.500. The average molecular weight is 234 g/mol. The highest BCUT2D eigenvalue weighted by atomic mass is 16.1. The van der Waals surface area contributed by atoms with Crippen molar-refractivity contribution in [2.75, 3.05) is 13.1 Å². The highest BCUT2D eigenvalue weighted by molar-refractivity contribution is 5.77. The molecule has 0 bridgehead atoms. The molecular weight excluding hydrogens is 212 g/mol. The second-order valence-corrected chi connectivity index (χ2v) is 4.62. The van der Waals surface area contributed by atoms with Gasteiger partial charge in [0, 0.05) is 12.6 Å². The molecule has 0 saturated heterocycles. The van der Waals surface area contributed by atoms with Gasteiger partial charge in [-0.15, -0.1) is 0 Å². The molecule has 2 N–H and O–H groups in total. The maximum absolute atomic E-state index is 11.4. The second-order valence-electron chi connectivity index (χ2n) is 4.62. The number of carbonyl (C=O) groups is 1. The molecule has 0 heterocycles. The lowest BCUT2D eigenvalue weighted by Gasteiger charge is -2.09. The normalized spacial score (nSPS) is 10.6. The van der Waals surface area contributed by atoms with Crippen molar-refractivity contribution in [2.45, 2.75) is 33.2 Å². The summed E-state index contributed by atoms with van der Waals surface area (Å²) < 4.78 is 0. The minimum Gasteiger partial charge on any atom is -0.355 e. The molecule has 0 atom stereocenters. The Morgan fingerprint density at radius 1 is 1.35 bits per heavy atom. The molecule has 1 amide bonds. The van der Waals surface area contributed by atoms with Crippen molar-refractivity contribution in [3.05, 3.63) is 35.4 Å². The summed E-state index contributed by atoms with van der Waals surface area (Å²) in [6, 6.07) is 8.71. The van der Waals surface area contributed by atoms with E-state index in [1.807, 2.05) is 19.9 Å². The van der Waals surface area contributed by atoms with E-state index in [0.717, 1.165) is 6.42 Å². The molecule has 1 aromatic rings. The van der Waals surface area contributed by atoms with Gasteiger partial charge in [-0.2, -0.15) is 0 Å². The van der Waals surface area contributed by atoms with Gasteiger partial charge < -0.3 is 10.6 Å². The highest BCUT2D eigenvalue weighted by Crippen LogP contribution is 2.03. The van der Waals surface area contributed by atoms with Gasteiger partial charge in [-0.1, -0.05) is 43.7 Å². The minimum absolute atomic E-state index is 0.0614. The number of benzene rings is 1. The molecule has 0 unspecified atom stereocenters. The van der Waals surface area contributed by atoms with Crippen LogP contribution in [0.4, 0.5) is 0 Å². The van der Waals surface area contributed by atoms with Gasteiger partial charge in [0.05, 0.1) is 6.54 Å². The van der Waals surface area contributed by atoms with Gasteiger partial charge in [-0.05, 0) is 18.9 Å². The van der Waals surface area contributed by atoms with Gasteiger partial charge in [0.15, 0.2) is 0 Å². The van der Waals surface area contributed by atoms with Gasteiger partial charge in [0.1, 0.15) is 0 Å². The quantitative estimate of drug-likeness (QED) is 0.786. The van der Waals surface area contributed by atoms with Crippen LogP contribution in [0.3, 0.4) is 0 Å². The monoisotopic (exact) mass is 234 g/mol. The number of hydrogen-bond acceptors (Lipinski definition) is 2. The molecule has 1 aromatic carbocycles. The Labute approximate surface area is 104 Å². The van der Waals surface area contributed by atoms with Crippen molar-refractivity contribution in [3.8, 4) is 0 Å². The second kappa shape index (κ2) is 7.07. The molecule has 0 aliphatic rings. The van der Waals surface area contributed by atoms with E-state index in [0.29, 0.717) is 19.1 Å². The maximum Gasteiger partial charge on any atom is 0.233 e. The van der Waals surface area contributed by atoms with Gasteiger partial charge in [-0.3, -0.25) is 4.79 Å². The smallest absolute Gasteiger partial charge is 0.233 e. The molecule has 0 aromatic heterocycles. The molecule has 0 spiro atoms. The number of amides is 1. The predicted octanol–water partition coefficient (Wildman–Crippen LogP) is 1.65. The first-order valence-electron chi connectivity index (χ1n) is 6.13. The summed E-state index contributed by atoms with van der Waals surface area (Å²) in [6.45, 7) is 7.22. The maximum atomic E-state index is 11.4. The summed E-state index contributed by atoms with van der Waals surface area (Å²) in [5, 5.41) is 6.00. The molecule has 94 valence electrons. The Bertz CT molecular complexity index is 361. The summed E-state index contributed by atoms with van der Waals surface area (Å²) in [5.74, 6) is 0.0614. The third-order valence-corrected chi connectivity index (χ3v) is 2.49. The first kappa shape index (κ1) is 13.7. The Hall–Kier alpha value is -1.35. The van der Waals surface area contributed by atoms with Crippen molar-refractivity contribution in [3.63, 3.8) is 0 Å². The summed E-state index contributed by atoms with van der Waals surface area (Å²) in [4.78, 5) is 11.4. The Morgan fingerprint density at radius 3 is 2.76 bits per heavy atom. The number of rotatable bonds is 6. The number of carbonyl (C=O) groups excluding carboxylic acids is 1. The largest absolute Gasteiger partial charge is 0.355 e. The van der Waals surface area contributed by atoms with Crippen LogP contribution in [0.1, 0.15) is 25.0 Å². The van der Waals surface area contributed by atoms with Crippen molar-refractivity contribution in [2.24, 2.45) is 0 Å². The van der Waals surface area contributed by atoms with E-state index in [9.17, 15) is 4.79 Å². The van der Waals surface area contributed by atoms with Crippen LogP contribution in [0.15, 0.2) is 24.3 Å². The number of nitrogens with one attached hydrogen (secondary N) is 2. The van der Waals surface area contributed by atoms with Gasteiger partial charge in [0.2, 0.25) is 5.91 Å². The van der Waals surface area contributed by atoms with Crippen molar-refractivity contribution < 1.29 is 4.79 Å². The molecule has 0 aliphatic carbocycles. The lowest BCUT2D eigenvalue weighted by molar-refractivity contribution is -0.120. The highest BCUT2D eigenvalue weighted by Gasteiger charge is 2.01. The van der Waals surface area contributed by atoms with Crippen LogP contribution in [-0.4, -0.2) is 25.0 Å². The van der Waals surface area contributed by atoms with Crippen molar-refractivity contribution in [1.29, 1.82) is 0 Å². The lowest BCUT2D eigenvalue weighted by Crippen LogP contribution is -2.37. The van der Waals surface area contributed by atoms with Crippen LogP contribution in [0, 0.1) is 6.92 Å². The Morgan fingerprint density at radius 2 is 2.12 bits per heavy atom. The molecule has 0 aliphatic heterocycles. The van der Waals surface area contributed by atoms with E-state index in [4.69, 9.17) is 0 Å². The summed E-state index contributed by atoms with van der Waals surface area (Å²) in [5.41, 5.74) is 2.53. The Kier molecular flexibility index (Phi) is 5.70. The molecule has 3 heteroatoms. The first-order valence-corrected chi connectivity index (χ1v) is 6.13. The van der Waals surface area contributed by atoms with Crippen LogP contribution in [0.25, 0.3) is 0 Å². The molecule has 0 radical (unpaired) electrons. The van der Waals surface area contributed by atoms with E-state index in [2.05, 4.69) is 35.8 Å². The topological polar surface area (TPSA) is 41.1 Å². The molecule has 0 saturated carbocycles. The van der Waals surface area contributed by atoms with Crippen molar-refractivity contribution >= 4 is 5.91 Å². The Balaban J connectivity index is 2.21. The van der Waals surface area contributed by atoms with Gasteiger partial charge in [-0.25, -0.2) is 0 Å². The van der Waals surface area contributed by atoms with E-state index >= 15 is 0 Å². The van der Waals surface area contributed by atoms with Crippen LogP contribution in [0.5, 0.6) is 0 Å². The van der Waals surface area contributed by atoms with Crippen LogP contribution in [-0.2, 0) is 11.2 Å². The molecular formula is C14H22N2O. The molecule has 17 heavy (non-hydrogen) atoms. The van der Waals surface area contributed by atoms with Gasteiger partial charge >= 0.3 is 0 Å². The zero-order valence-corrected chi connectivity index (χ0v) is 10.9. The summed E-state index contributed by atoms with van der Waals surface area (Å²) in [7, 11) is 0. The average Bonchev–Trinajstić information content (AvgIpc) is 2.26. The van der Waals surface area contributed by atoms with Crippen LogP contribution < -0.4 is 10.6 Å². The molecule has 3 nitrogen and oxygen atoms in total. The van der Waals surface area contributed by atoms with Crippen LogP contribution >= 0.6 is 0 Å². The zero-order valence-electron chi connectivity index (χ0n) is 10.9. The fourth-order valence-electron chi connectivity index (χ4n) is 1.57. The minimum atomic E-state index is 0.0614. The van der Waals surface area contributed by atoms with E-state index in [1.54, 1.807) is 0 Å².